The van der Waals surface area contributed by atoms with Gasteiger partial charge >= 0.3 is 5.97 Å². The third-order valence-electron chi connectivity index (χ3n) is 7.03. The molecule has 1 fully saturated rings. The normalized spacial score (nSPS) is 19.1. The molecule has 182 valence electrons. The summed E-state index contributed by atoms with van der Waals surface area (Å²) in [5.74, 6) is -1.27. The fourth-order valence-electron chi connectivity index (χ4n) is 5.04. The highest BCUT2D eigenvalue weighted by molar-refractivity contribution is 6.40. The molecule has 35 heavy (non-hydrogen) atoms. The van der Waals surface area contributed by atoms with Crippen LogP contribution in [0, 0.1) is 5.41 Å². The number of rotatable bonds is 6. The minimum absolute atomic E-state index is 0.0316. The summed E-state index contributed by atoms with van der Waals surface area (Å²) < 4.78 is 5.39. The number of hydrogen-bond donors (Lipinski definition) is 2. The Balaban J connectivity index is 1.33. The quantitative estimate of drug-likeness (QED) is 0.606. The lowest BCUT2D eigenvalue weighted by molar-refractivity contribution is -0.140. The fraction of sp³-hybridized carbons (Fsp3) is 0.360. The highest BCUT2D eigenvalue weighted by Crippen LogP contribution is 2.45. The first-order chi connectivity index (χ1) is 16.8. The second-order valence-electron chi connectivity index (χ2n) is 9.00. The van der Waals surface area contributed by atoms with Gasteiger partial charge in [-0.3, -0.25) is 14.6 Å². The van der Waals surface area contributed by atoms with Crippen LogP contribution < -0.4 is 10.2 Å². The van der Waals surface area contributed by atoms with Crippen molar-refractivity contribution >= 4 is 46.5 Å². The van der Waals surface area contributed by atoms with Gasteiger partial charge in [-0.2, -0.15) is 0 Å². The van der Waals surface area contributed by atoms with Crippen LogP contribution in [0.25, 0.3) is 0 Å². The molecular weight excluding hydrogens is 493 g/mol. The molecule has 1 aliphatic carbocycles. The van der Waals surface area contributed by atoms with Gasteiger partial charge in [-0.1, -0.05) is 35.3 Å². The molecule has 1 spiro atoms. The first-order valence-corrected chi connectivity index (χ1v) is 12.1. The SMILES string of the molecule is O=C(O)C(Cc1ccc2c(c1)CCN2C(=O)c1c(Cl)cncc1Cl)NC1=CC(=O)C12CCOCC2. The van der Waals surface area contributed by atoms with Crippen molar-refractivity contribution in [3.8, 4) is 0 Å². The Bertz CT molecular complexity index is 1240. The number of nitrogens with zero attached hydrogens (tertiary/aromatic N) is 2. The van der Waals surface area contributed by atoms with Crippen molar-refractivity contribution in [3.63, 3.8) is 0 Å². The summed E-state index contributed by atoms with van der Waals surface area (Å²) in [6.45, 7) is 1.43. The number of allylic oxidation sites excluding steroid dienone is 2. The maximum absolute atomic E-state index is 13.1. The van der Waals surface area contributed by atoms with Gasteiger partial charge in [-0.15, -0.1) is 0 Å². The highest BCUT2D eigenvalue weighted by atomic mass is 35.5. The van der Waals surface area contributed by atoms with E-state index in [1.54, 1.807) is 4.90 Å². The van der Waals surface area contributed by atoms with Crippen molar-refractivity contribution in [3.05, 3.63) is 69.1 Å². The fourth-order valence-corrected chi connectivity index (χ4v) is 5.57. The molecule has 0 saturated carbocycles. The minimum Gasteiger partial charge on any atom is -0.480 e. The third kappa shape index (κ3) is 4.20. The van der Waals surface area contributed by atoms with Crippen molar-refractivity contribution in [2.24, 2.45) is 5.41 Å². The molecule has 1 unspecified atom stereocenters. The number of hydrogen-bond acceptors (Lipinski definition) is 6. The summed E-state index contributed by atoms with van der Waals surface area (Å²) in [4.78, 5) is 43.0. The summed E-state index contributed by atoms with van der Waals surface area (Å²) in [6.07, 6.45) is 6.25. The summed E-state index contributed by atoms with van der Waals surface area (Å²) in [5.41, 5.74) is 2.77. The number of carboxylic acid groups (broad SMARTS) is 1. The molecule has 1 saturated heterocycles. The zero-order valence-electron chi connectivity index (χ0n) is 18.7. The number of ether oxygens (including phenoxy) is 1. The van der Waals surface area contributed by atoms with Gasteiger partial charge in [0, 0.05) is 56.0 Å². The molecule has 8 nitrogen and oxygen atoms in total. The van der Waals surface area contributed by atoms with Crippen LogP contribution in [0.2, 0.25) is 10.0 Å². The van der Waals surface area contributed by atoms with E-state index in [2.05, 4.69) is 10.3 Å². The number of anilines is 1. The van der Waals surface area contributed by atoms with Crippen LogP contribution >= 0.6 is 23.2 Å². The zero-order valence-corrected chi connectivity index (χ0v) is 20.2. The first kappa shape index (κ1) is 23.8. The molecule has 0 bridgehead atoms. The van der Waals surface area contributed by atoms with Crippen molar-refractivity contribution < 1.29 is 24.2 Å². The van der Waals surface area contributed by atoms with Crippen LogP contribution in [0.15, 0.2) is 42.4 Å². The van der Waals surface area contributed by atoms with Crippen LogP contribution in [-0.4, -0.2) is 53.6 Å². The number of aromatic nitrogens is 1. The number of fused-ring (bicyclic) bond motifs is 1. The Kier molecular flexibility index (Phi) is 6.29. The standard InChI is InChI=1S/C25H23Cl2N3O5/c26-16-12-28-13-17(27)22(16)23(32)30-6-3-15-9-14(1-2-19(15)30)10-18(24(33)34)29-20-11-21(31)25(20)4-7-35-8-5-25/h1-2,9,11-13,18,29H,3-8,10H2,(H,33,34). The number of carbonyl (C=O) groups is 3. The second-order valence-corrected chi connectivity index (χ2v) is 9.82. The summed E-state index contributed by atoms with van der Waals surface area (Å²) in [7, 11) is 0. The summed E-state index contributed by atoms with van der Waals surface area (Å²) in [5, 5.41) is 13.3. The van der Waals surface area contributed by atoms with Crippen molar-refractivity contribution in [1.29, 1.82) is 0 Å². The van der Waals surface area contributed by atoms with Crippen LogP contribution in [0.5, 0.6) is 0 Å². The number of aliphatic carboxylic acids is 1. The Morgan fingerprint density at radius 1 is 1.20 bits per heavy atom. The van der Waals surface area contributed by atoms with Gasteiger partial charge in [0.15, 0.2) is 5.78 Å². The molecule has 1 amide bonds. The van der Waals surface area contributed by atoms with E-state index < -0.39 is 17.4 Å². The Morgan fingerprint density at radius 2 is 1.91 bits per heavy atom. The predicted molar refractivity (Wildman–Crippen MR) is 130 cm³/mol. The van der Waals surface area contributed by atoms with Crippen molar-refractivity contribution in [2.45, 2.75) is 31.7 Å². The molecule has 2 aromatic rings. The van der Waals surface area contributed by atoms with E-state index >= 15 is 0 Å². The van der Waals surface area contributed by atoms with Crippen LogP contribution in [0.1, 0.15) is 34.3 Å². The number of amides is 1. The van der Waals surface area contributed by atoms with Crippen LogP contribution in [0.4, 0.5) is 5.69 Å². The largest absolute Gasteiger partial charge is 0.480 e. The van der Waals surface area contributed by atoms with Gasteiger partial charge in [-0.25, -0.2) is 4.79 Å². The lowest BCUT2D eigenvalue weighted by atomic mass is 9.66. The van der Waals surface area contributed by atoms with E-state index in [0.29, 0.717) is 44.7 Å². The van der Waals surface area contributed by atoms with E-state index in [4.69, 9.17) is 27.9 Å². The lowest BCUT2D eigenvalue weighted by Gasteiger charge is -2.44. The molecule has 5 rings (SSSR count). The van der Waals surface area contributed by atoms with E-state index in [1.165, 1.54) is 18.5 Å². The first-order valence-electron chi connectivity index (χ1n) is 11.4. The maximum atomic E-state index is 13.1. The Labute approximate surface area is 211 Å². The monoisotopic (exact) mass is 515 g/mol. The van der Waals surface area contributed by atoms with Gasteiger partial charge in [0.25, 0.3) is 5.91 Å². The van der Waals surface area contributed by atoms with Gasteiger partial charge in [-0.05, 0) is 36.5 Å². The van der Waals surface area contributed by atoms with E-state index in [1.807, 2.05) is 18.2 Å². The number of carboxylic acids is 1. The molecule has 2 N–H and O–H groups in total. The number of benzene rings is 1. The minimum atomic E-state index is -0.994. The topological polar surface area (TPSA) is 109 Å². The number of halogens is 2. The smallest absolute Gasteiger partial charge is 0.326 e. The number of pyridine rings is 1. The lowest BCUT2D eigenvalue weighted by Crippen LogP contribution is -2.53. The van der Waals surface area contributed by atoms with Gasteiger partial charge in [0.2, 0.25) is 0 Å². The molecular formula is C25H23Cl2N3O5. The number of ketones is 1. The van der Waals surface area contributed by atoms with E-state index in [9.17, 15) is 19.5 Å². The highest BCUT2D eigenvalue weighted by Gasteiger charge is 2.49. The van der Waals surface area contributed by atoms with Gasteiger partial charge in [0.05, 0.1) is 21.0 Å². The number of carbonyl (C=O) groups excluding carboxylic acids is 2. The third-order valence-corrected chi connectivity index (χ3v) is 7.60. The van der Waals surface area contributed by atoms with Gasteiger partial charge in [0.1, 0.15) is 6.04 Å². The molecule has 3 heterocycles. The predicted octanol–water partition coefficient (Wildman–Crippen LogP) is 3.44. The Morgan fingerprint density at radius 3 is 2.57 bits per heavy atom. The molecule has 0 radical (unpaired) electrons. The van der Waals surface area contributed by atoms with Crippen LogP contribution in [-0.2, 0) is 27.2 Å². The van der Waals surface area contributed by atoms with Crippen LogP contribution in [0.3, 0.4) is 0 Å². The van der Waals surface area contributed by atoms with E-state index in [-0.39, 0.29) is 33.7 Å². The average molecular weight is 516 g/mol. The number of nitrogens with one attached hydrogen (secondary N) is 1. The molecule has 1 aromatic heterocycles. The summed E-state index contributed by atoms with van der Waals surface area (Å²) >= 11 is 12.3. The van der Waals surface area contributed by atoms with Crippen molar-refractivity contribution in [2.75, 3.05) is 24.7 Å². The molecule has 10 heteroatoms. The zero-order chi connectivity index (χ0) is 24.7. The maximum Gasteiger partial charge on any atom is 0.326 e. The van der Waals surface area contributed by atoms with Crippen molar-refractivity contribution in [1.82, 2.24) is 10.3 Å². The molecule has 2 aliphatic heterocycles. The second kappa shape index (κ2) is 9.26. The van der Waals surface area contributed by atoms with Gasteiger partial charge < -0.3 is 20.1 Å². The Hall–Kier alpha value is -2.94. The summed E-state index contributed by atoms with van der Waals surface area (Å²) in [6, 6.07) is 4.69. The molecule has 1 aromatic carbocycles. The average Bonchev–Trinajstić information content (AvgIpc) is 3.26. The van der Waals surface area contributed by atoms with E-state index in [0.717, 1.165) is 16.8 Å². The molecule has 1 atom stereocenters. The molecule has 3 aliphatic rings.